The Hall–Kier alpha value is -1.02. The van der Waals surface area contributed by atoms with Gasteiger partial charge in [0.2, 0.25) is 0 Å². The Morgan fingerprint density at radius 1 is 1.12 bits per heavy atom. The van der Waals surface area contributed by atoms with Crippen LogP contribution in [-0.2, 0) is 0 Å². The van der Waals surface area contributed by atoms with Crippen molar-refractivity contribution in [2.24, 2.45) is 4.99 Å². The van der Waals surface area contributed by atoms with Gasteiger partial charge in [0.05, 0.1) is 0 Å². The van der Waals surface area contributed by atoms with Crippen LogP contribution in [0.4, 0.5) is 5.69 Å². The number of hydrogen-bond acceptors (Lipinski definition) is 3. The average Bonchev–Trinajstić information content (AvgIpc) is 3.44. The van der Waals surface area contributed by atoms with Crippen LogP contribution < -0.4 is 15.5 Å². The summed E-state index contributed by atoms with van der Waals surface area (Å²) in [4.78, 5) is 9.75. The summed E-state index contributed by atoms with van der Waals surface area (Å²) in [7, 11) is 0. The van der Waals surface area contributed by atoms with E-state index in [9.17, 15) is 0 Å². The maximum absolute atomic E-state index is 4.70. The standard InChI is InChI=1S/C19H31N5.HI/c1-2-20-19(22-17-9-10-17)21-11-6-12-23-13-15-24(16-14-23)18-7-4-3-5-8-18;/h3-5,7-8,17H,2,6,9-16H2,1H3,(H2,20,21,22);1H. The fourth-order valence-corrected chi connectivity index (χ4v) is 3.09. The fourth-order valence-electron chi connectivity index (χ4n) is 3.09. The van der Waals surface area contributed by atoms with Gasteiger partial charge in [-0.1, -0.05) is 18.2 Å². The van der Waals surface area contributed by atoms with Crippen LogP contribution in [0.15, 0.2) is 35.3 Å². The van der Waals surface area contributed by atoms with Crippen LogP contribution >= 0.6 is 24.0 Å². The molecule has 0 spiro atoms. The van der Waals surface area contributed by atoms with Crippen molar-refractivity contribution in [3.63, 3.8) is 0 Å². The monoisotopic (exact) mass is 457 g/mol. The van der Waals surface area contributed by atoms with Gasteiger partial charge >= 0.3 is 0 Å². The number of para-hydroxylation sites is 1. The molecule has 140 valence electrons. The zero-order chi connectivity index (χ0) is 16.6. The SMILES string of the molecule is CCNC(=NCCCN1CCN(c2ccccc2)CC1)NC1CC1.I. The molecule has 0 radical (unpaired) electrons. The molecule has 2 aliphatic rings. The minimum Gasteiger partial charge on any atom is -0.369 e. The van der Waals surface area contributed by atoms with E-state index in [1.54, 1.807) is 0 Å². The largest absolute Gasteiger partial charge is 0.369 e. The molecule has 1 aromatic rings. The van der Waals surface area contributed by atoms with E-state index in [0.717, 1.165) is 58.2 Å². The lowest BCUT2D eigenvalue weighted by atomic mass is 10.2. The number of nitrogens with one attached hydrogen (secondary N) is 2. The molecule has 1 aliphatic carbocycles. The molecule has 1 aromatic carbocycles. The third-order valence-corrected chi connectivity index (χ3v) is 4.66. The van der Waals surface area contributed by atoms with Crippen LogP contribution in [-0.4, -0.2) is 62.7 Å². The maximum atomic E-state index is 4.70. The highest BCUT2D eigenvalue weighted by atomic mass is 127. The number of aliphatic imine (C=N–C) groups is 1. The predicted octanol–water partition coefficient (Wildman–Crippen LogP) is 2.53. The van der Waals surface area contributed by atoms with Crippen molar-refractivity contribution in [2.75, 3.05) is 50.7 Å². The van der Waals surface area contributed by atoms with Crippen LogP contribution in [0.25, 0.3) is 0 Å². The van der Waals surface area contributed by atoms with Crippen molar-refractivity contribution in [1.29, 1.82) is 0 Å². The summed E-state index contributed by atoms with van der Waals surface area (Å²) in [6, 6.07) is 11.4. The highest BCUT2D eigenvalue weighted by molar-refractivity contribution is 14.0. The number of rotatable bonds is 7. The minimum atomic E-state index is 0. The Balaban J connectivity index is 0.00000225. The van der Waals surface area contributed by atoms with E-state index < -0.39 is 0 Å². The number of hydrogen-bond donors (Lipinski definition) is 2. The van der Waals surface area contributed by atoms with Gasteiger partial charge in [0.15, 0.2) is 5.96 Å². The van der Waals surface area contributed by atoms with E-state index in [1.165, 1.54) is 18.5 Å². The molecule has 5 nitrogen and oxygen atoms in total. The van der Waals surface area contributed by atoms with Crippen molar-refractivity contribution in [3.8, 4) is 0 Å². The molecule has 1 aliphatic heterocycles. The Labute approximate surface area is 169 Å². The van der Waals surface area contributed by atoms with Gasteiger partial charge in [-0.15, -0.1) is 24.0 Å². The lowest BCUT2D eigenvalue weighted by Gasteiger charge is -2.36. The van der Waals surface area contributed by atoms with Crippen molar-refractivity contribution in [2.45, 2.75) is 32.2 Å². The van der Waals surface area contributed by atoms with E-state index in [-0.39, 0.29) is 24.0 Å². The molecule has 3 rings (SSSR count). The molecular formula is C19H32IN5. The number of guanidine groups is 1. The Bertz CT molecular complexity index is 510. The molecule has 1 heterocycles. The van der Waals surface area contributed by atoms with Crippen molar-refractivity contribution < 1.29 is 0 Å². The van der Waals surface area contributed by atoms with Crippen molar-refractivity contribution in [1.82, 2.24) is 15.5 Å². The maximum Gasteiger partial charge on any atom is 0.191 e. The molecular weight excluding hydrogens is 425 g/mol. The van der Waals surface area contributed by atoms with Gasteiger partial charge in [-0.3, -0.25) is 9.89 Å². The molecule has 0 atom stereocenters. The molecule has 0 bridgehead atoms. The number of piperazine rings is 1. The molecule has 2 N–H and O–H groups in total. The van der Waals surface area contributed by atoms with E-state index in [2.05, 4.69) is 57.7 Å². The van der Waals surface area contributed by atoms with Gasteiger partial charge in [-0.05, 0) is 38.3 Å². The summed E-state index contributed by atoms with van der Waals surface area (Å²) >= 11 is 0. The van der Waals surface area contributed by atoms with Gasteiger partial charge in [0, 0.05) is 57.5 Å². The third kappa shape index (κ3) is 7.01. The second kappa shape index (κ2) is 10.9. The molecule has 0 amide bonds. The van der Waals surface area contributed by atoms with Gasteiger partial charge in [0.1, 0.15) is 0 Å². The van der Waals surface area contributed by atoms with Gasteiger partial charge < -0.3 is 15.5 Å². The van der Waals surface area contributed by atoms with Crippen LogP contribution in [0.3, 0.4) is 0 Å². The van der Waals surface area contributed by atoms with Gasteiger partial charge in [0.25, 0.3) is 0 Å². The second-order valence-corrected chi connectivity index (χ2v) is 6.70. The lowest BCUT2D eigenvalue weighted by Crippen LogP contribution is -2.46. The summed E-state index contributed by atoms with van der Waals surface area (Å²) in [6.45, 7) is 9.66. The highest BCUT2D eigenvalue weighted by Crippen LogP contribution is 2.18. The molecule has 1 saturated carbocycles. The first-order chi connectivity index (χ1) is 11.8. The molecule has 1 saturated heterocycles. The van der Waals surface area contributed by atoms with Crippen molar-refractivity contribution in [3.05, 3.63) is 30.3 Å². The predicted molar refractivity (Wildman–Crippen MR) is 117 cm³/mol. The van der Waals surface area contributed by atoms with Crippen molar-refractivity contribution >= 4 is 35.6 Å². The third-order valence-electron chi connectivity index (χ3n) is 4.66. The Kier molecular flexibility index (Phi) is 8.81. The normalized spacial score (nSPS) is 18.6. The summed E-state index contributed by atoms with van der Waals surface area (Å²) in [6.07, 6.45) is 3.71. The van der Waals surface area contributed by atoms with Crippen LogP contribution in [0.1, 0.15) is 26.2 Å². The fraction of sp³-hybridized carbons (Fsp3) is 0.632. The summed E-state index contributed by atoms with van der Waals surface area (Å²) in [5.74, 6) is 0.994. The minimum absolute atomic E-state index is 0. The number of nitrogens with zero attached hydrogens (tertiary/aromatic N) is 3. The lowest BCUT2D eigenvalue weighted by molar-refractivity contribution is 0.256. The van der Waals surface area contributed by atoms with Gasteiger partial charge in [-0.25, -0.2) is 0 Å². The smallest absolute Gasteiger partial charge is 0.191 e. The first kappa shape index (κ1) is 20.3. The molecule has 2 fully saturated rings. The first-order valence-electron chi connectivity index (χ1n) is 9.42. The van der Waals surface area contributed by atoms with E-state index >= 15 is 0 Å². The zero-order valence-electron chi connectivity index (χ0n) is 15.3. The highest BCUT2D eigenvalue weighted by Gasteiger charge is 2.22. The zero-order valence-corrected chi connectivity index (χ0v) is 17.6. The first-order valence-corrected chi connectivity index (χ1v) is 9.42. The number of halogens is 1. The molecule has 0 aromatic heterocycles. The number of benzene rings is 1. The quantitative estimate of drug-likeness (QED) is 0.286. The van der Waals surface area contributed by atoms with Gasteiger partial charge in [-0.2, -0.15) is 0 Å². The number of anilines is 1. The second-order valence-electron chi connectivity index (χ2n) is 6.70. The molecule has 6 heteroatoms. The van der Waals surface area contributed by atoms with Crippen LogP contribution in [0.5, 0.6) is 0 Å². The summed E-state index contributed by atoms with van der Waals surface area (Å²) in [5, 5.41) is 6.81. The van der Waals surface area contributed by atoms with Crippen LogP contribution in [0, 0.1) is 0 Å². The molecule has 25 heavy (non-hydrogen) atoms. The molecule has 0 unspecified atom stereocenters. The Morgan fingerprint density at radius 2 is 1.84 bits per heavy atom. The van der Waals surface area contributed by atoms with E-state index in [4.69, 9.17) is 4.99 Å². The topological polar surface area (TPSA) is 42.9 Å². The average molecular weight is 457 g/mol. The van der Waals surface area contributed by atoms with E-state index in [0.29, 0.717) is 6.04 Å². The summed E-state index contributed by atoms with van der Waals surface area (Å²) < 4.78 is 0. The van der Waals surface area contributed by atoms with E-state index in [1.807, 2.05) is 0 Å². The Morgan fingerprint density at radius 3 is 2.48 bits per heavy atom. The summed E-state index contributed by atoms with van der Waals surface area (Å²) in [5.41, 5.74) is 1.35. The van der Waals surface area contributed by atoms with Crippen LogP contribution in [0.2, 0.25) is 0 Å².